The van der Waals surface area contributed by atoms with Gasteiger partial charge in [-0.3, -0.25) is 14.9 Å². The van der Waals surface area contributed by atoms with Crippen LogP contribution < -0.4 is 0 Å². The third-order valence-corrected chi connectivity index (χ3v) is 3.77. The summed E-state index contributed by atoms with van der Waals surface area (Å²) in [6, 6.07) is 1.21. The van der Waals surface area contributed by atoms with E-state index < -0.39 is 4.92 Å². The van der Waals surface area contributed by atoms with Gasteiger partial charge >= 0.3 is 0 Å². The molecule has 19 heavy (non-hydrogen) atoms. The lowest BCUT2D eigenvalue weighted by atomic mass is 10.2. The standard InChI is InChI=1S/C11H14BrN3O4/c1-7-6-19-9(3-12)5-14(7)11(16)10-2-8(4-13-10)15(17)18/h2,4,7,9,13H,3,5-6H2,1H3. The predicted octanol–water partition coefficient (Wildman–Crippen LogP) is 1.55. The van der Waals surface area contributed by atoms with Crippen LogP contribution in [0.4, 0.5) is 5.69 Å². The number of halogens is 1. The number of aromatic amines is 1. The number of rotatable bonds is 3. The number of nitro groups is 1. The lowest BCUT2D eigenvalue weighted by Crippen LogP contribution is -2.51. The Morgan fingerprint density at radius 2 is 2.47 bits per heavy atom. The zero-order valence-corrected chi connectivity index (χ0v) is 11.9. The van der Waals surface area contributed by atoms with Gasteiger partial charge in [0, 0.05) is 17.9 Å². The molecule has 2 rings (SSSR count). The molecule has 1 N–H and O–H groups in total. The first kappa shape index (κ1) is 14.0. The molecule has 1 aliphatic rings. The van der Waals surface area contributed by atoms with Crippen molar-refractivity contribution in [1.82, 2.24) is 9.88 Å². The molecule has 0 aromatic carbocycles. The van der Waals surface area contributed by atoms with Crippen LogP contribution in [0.2, 0.25) is 0 Å². The van der Waals surface area contributed by atoms with Gasteiger partial charge < -0.3 is 14.6 Å². The van der Waals surface area contributed by atoms with Crippen molar-refractivity contribution < 1.29 is 14.5 Å². The number of nitrogens with one attached hydrogen (secondary N) is 1. The molecule has 1 aromatic rings. The molecule has 1 aliphatic heterocycles. The van der Waals surface area contributed by atoms with Crippen LogP contribution in [0.15, 0.2) is 12.3 Å². The maximum atomic E-state index is 12.3. The van der Waals surface area contributed by atoms with Crippen molar-refractivity contribution in [3.63, 3.8) is 0 Å². The predicted molar refractivity (Wildman–Crippen MR) is 71.5 cm³/mol. The Morgan fingerprint density at radius 1 is 1.74 bits per heavy atom. The lowest BCUT2D eigenvalue weighted by molar-refractivity contribution is -0.384. The van der Waals surface area contributed by atoms with Gasteiger partial charge in [-0.1, -0.05) is 15.9 Å². The molecule has 1 saturated heterocycles. The number of ether oxygens (including phenoxy) is 1. The van der Waals surface area contributed by atoms with Crippen LogP contribution in [0, 0.1) is 10.1 Å². The molecular weight excluding hydrogens is 318 g/mol. The van der Waals surface area contributed by atoms with E-state index in [2.05, 4.69) is 20.9 Å². The molecule has 0 saturated carbocycles. The summed E-state index contributed by atoms with van der Waals surface area (Å²) in [7, 11) is 0. The molecule has 2 unspecified atom stereocenters. The van der Waals surface area contributed by atoms with Crippen LogP contribution in [0.3, 0.4) is 0 Å². The highest BCUT2D eigenvalue weighted by atomic mass is 79.9. The second-order valence-electron chi connectivity index (χ2n) is 4.44. The third kappa shape index (κ3) is 2.95. The highest BCUT2D eigenvalue weighted by Crippen LogP contribution is 2.19. The Balaban J connectivity index is 2.14. The van der Waals surface area contributed by atoms with E-state index in [1.807, 2.05) is 6.92 Å². The summed E-state index contributed by atoms with van der Waals surface area (Å²) in [5, 5.41) is 11.3. The van der Waals surface area contributed by atoms with Gasteiger partial charge in [-0.2, -0.15) is 0 Å². The fourth-order valence-corrected chi connectivity index (χ4v) is 2.35. The molecule has 1 aromatic heterocycles. The van der Waals surface area contributed by atoms with Gasteiger partial charge in [0.25, 0.3) is 11.6 Å². The topological polar surface area (TPSA) is 88.5 Å². The highest BCUT2D eigenvalue weighted by molar-refractivity contribution is 9.09. The number of alkyl halides is 1. The fraction of sp³-hybridized carbons (Fsp3) is 0.545. The van der Waals surface area contributed by atoms with Crippen molar-refractivity contribution in [2.75, 3.05) is 18.5 Å². The SMILES string of the molecule is CC1COC(CBr)CN1C(=O)c1cc([N+](=O)[O-])c[nH]1. The minimum Gasteiger partial charge on any atom is -0.373 e. The summed E-state index contributed by atoms with van der Waals surface area (Å²) in [5.41, 5.74) is 0.120. The average molecular weight is 332 g/mol. The van der Waals surface area contributed by atoms with Crippen LogP contribution >= 0.6 is 15.9 Å². The molecule has 1 fully saturated rings. The summed E-state index contributed by atoms with van der Waals surface area (Å²) in [6.45, 7) is 2.82. The van der Waals surface area contributed by atoms with Gasteiger partial charge in [-0.15, -0.1) is 0 Å². The third-order valence-electron chi connectivity index (χ3n) is 3.05. The number of aromatic nitrogens is 1. The van der Waals surface area contributed by atoms with Crippen LogP contribution in [0.25, 0.3) is 0 Å². The minimum atomic E-state index is -0.530. The van der Waals surface area contributed by atoms with Gasteiger partial charge in [0.05, 0.1) is 29.9 Å². The van der Waals surface area contributed by atoms with E-state index in [1.165, 1.54) is 12.3 Å². The van der Waals surface area contributed by atoms with E-state index in [9.17, 15) is 14.9 Å². The molecule has 2 heterocycles. The first-order chi connectivity index (χ1) is 9.02. The number of carbonyl (C=O) groups excluding carboxylic acids is 1. The number of amides is 1. The van der Waals surface area contributed by atoms with E-state index in [0.717, 1.165) is 0 Å². The summed E-state index contributed by atoms with van der Waals surface area (Å²) < 4.78 is 5.54. The van der Waals surface area contributed by atoms with Crippen LogP contribution in [0.1, 0.15) is 17.4 Å². The van der Waals surface area contributed by atoms with E-state index in [1.54, 1.807) is 4.90 Å². The number of H-pyrrole nitrogens is 1. The van der Waals surface area contributed by atoms with Crippen molar-refractivity contribution in [1.29, 1.82) is 0 Å². The molecule has 0 aliphatic carbocycles. The number of carbonyl (C=O) groups is 1. The fourth-order valence-electron chi connectivity index (χ4n) is 1.96. The van der Waals surface area contributed by atoms with Crippen LogP contribution in [-0.4, -0.2) is 51.3 Å². The van der Waals surface area contributed by atoms with Crippen molar-refractivity contribution in [3.8, 4) is 0 Å². The number of nitrogens with zero attached hydrogens (tertiary/aromatic N) is 2. The number of hydrogen-bond donors (Lipinski definition) is 1. The van der Waals surface area contributed by atoms with E-state index >= 15 is 0 Å². The molecule has 0 bridgehead atoms. The smallest absolute Gasteiger partial charge is 0.287 e. The Bertz CT molecular complexity index is 490. The molecule has 2 atom stereocenters. The summed E-state index contributed by atoms with van der Waals surface area (Å²) >= 11 is 3.33. The largest absolute Gasteiger partial charge is 0.373 e. The average Bonchev–Trinajstić information content (AvgIpc) is 2.88. The maximum Gasteiger partial charge on any atom is 0.287 e. The number of morpholine rings is 1. The van der Waals surface area contributed by atoms with Gasteiger partial charge in [0.2, 0.25) is 0 Å². The second kappa shape index (κ2) is 5.70. The van der Waals surface area contributed by atoms with Gasteiger partial charge in [0.15, 0.2) is 0 Å². The van der Waals surface area contributed by atoms with Crippen molar-refractivity contribution in [2.45, 2.75) is 19.1 Å². The lowest BCUT2D eigenvalue weighted by Gasteiger charge is -2.37. The Labute approximate surface area is 118 Å². The Kier molecular flexibility index (Phi) is 4.20. The van der Waals surface area contributed by atoms with E-state index in [0.29, 0.717) is 18.5 Å². The van der Waals surface area contributed by atoms with Crippen molar-refractivity contribution in [2.24, 2.45) is 0 Å². The molecule has 8 heteroatoms. The molecule has 1 amide bonds. The first-order valence-corrected chi connectivity index (χ1v) is 6.96. The van der Waals surface area contributed by atoms with Gasteiger partial charge in [0.1, 0.15) is 5.69 Å². The Morgan fingerprint density at radius 3 is 3.05 bits per heavy atom. The maximum absolute atomic E-state index is 12.3. The minimum absolute atomic E-state index is 0.0508. The summed E-state index contributed by atoms with van der Waals surface area (Å²) in [5.74, 6) is -0.241. The van der Waals surface area contributed by atoms with E-state index in [4.69, 9.17) is 4.74 Å². The normalized spacial score (nSPS) is 23.4. The Hall–Kier alpha value is -1.41. The quantitative estimate of drug-likeness (QED) is 0.517. The molecule has 7 nitrogen and oxygen atoms in total. The molecule has 104 valence electrons. The first-order valence-electron chi connectivity index (χ1n) is 5.84. The zero-order chi connectivity index (χ0) is 14.0. The second-order valence-corrected chi connectivity index (χ2v) is 5.09. The van der Waals surface area contributed by atoms with Gasteiger partial charge in [-0.05, 0) is 6.92 Å². The van der Waals surface area contributed by atoms with E-state index in [-0.39, 0.29) is 29.4 Å². The zero-order valence-electron chi connectivity index (χ0n) is 10.3. The van der Waals surface area contributed by atoms with Crippen LogP contribution in [-0.2, 0) is 4.74 Å². The molecule has 0 radical (unpaired) electrons. The van der Waals surface area contributed by atoms with Gasteiger partial charge in [-0.25, -0.2) is 0 Å². The highest BCUT2D eigenvalue weighted by Gasteiger charge is 2.31. The van der Waals surface area contributed by atoms with Crippen molar-refractivity contribution in [3.05, 3.63) is 28.1 Å². The summed E-state index contributed by atoms with van der Waals surface area (Å²) in [4.78, 5) is 26.7. The molecule has 0 spiro atoms. The summed E-state index contributed by atoms with van der Waals surface area (Å²) in [6.07, 6.45) is 1.17. The number of hydrogen-bond acceptors (Lipinski definition) is 4. The van der Waals surface area contributed by atoms with Crippen LogP contribution in [0.5, 0.6) is 0 Å². The molecular formula is C11H14BrN3O4. The monoisotopic (exact) mass is 331 g/mol. The van der Waals surface area contributed by atoms with Crippen molar-refractivity contribution >= 4 is 27.5 Å².